The van der Waals surface area contributed by atoms with Gasteiger partial charge in [-0.25, -0.2) is 9.82 Å². The Morgan fingerprint density at radius 2 is 1.98 bits per heavy atom. The van der Waals surface area contributed by atoms with Crippen LogP contribution in [0, 0.1) is 29.5 Å². The van der Waals surface area contributed by atoms with Crippen molar-refractivity contribution in [1.82, 2.24) is 21.1 Å². The molecule has 2 aromatic rings. The monoisotopic (exact) mass is 564 g/mol. The van der Waals surface area contributed by atoms with Crippen LogP contribution < -0.4 is 26.6 Å². The molecule has 5 N–H and O–H groups in total. The largest absolute Gasteiger partial charge is 0.480 e. The Morgan fingerprint density at radius 3 is 2.63 bits per heavy atom. The van der Waals surface area contributed by atoms with E-state index in [0.29, 0.717) is 35.3 Å². The van der Waals surface area contributed by atoms with Crippen LogP contribution in [0.2, 0.25) is 0 Å². The lowest BCUT2D eigenvalue weighted by Gasteiger charge is -2.38. The van der Waals surface area contributed by atoms with Crippen LogP contribution in [0.25, 0.3) is 0 Å². The maximum absolute atomic E-state index is 14.1. The average molecular weight is 565 g/mol. The van der Waals surface area contributed by atoms with E-state index in [2.05, 4.69) is 22.2 Å². The third kappa shape index (κ3) is 6.34. The van der Waals surface area contributed by atoms with E-state index in [0.717, 1.165) is 0 Å². The van der Waals surface area contributed by atoms with E-state index in [-0.39, 0.29) is 11.9 Å². The summed E-state index contributed by atoms with van der Waals surface area (Å²) in [5.74, 6) is -1.14. The smallest absolute Gasteiger partial charge is 0.275 e. The van der Waals surface area contributed by atoms with Gasteiger partial charge in [-0.1, -0.05) is 12.1 Å². The third-order valence-corrected chi connectivity index (χ3v) is 7.83. The number of aryl methyl sites for hydroxylation is 1. The molecule has 2 aromatic carbocycles. The van der Waals surface area contributed by atoms with Gasteiger partial charge in [0.1, 0.15) is 17.6 Å². The topological polar surface area (TPSA) is 150 Å². The molecular weight excluding hydrogens is 527 g/mol. The zero-order valence-corrected chi connectivity index (χ0v) is 23.9. The van der Waals surface area contributed by atoms with Crippen molar-refractivity contribution in [3.8, 4) is 11.8 Å². The Hall–Kier alpha value is -4.01. The first-order valence-corrected chi connectivity index (χ1v) is 13.7. The van der Waals surface area contributed by atoms with Gasteiger partial charge in [-0.2, -0.15) is 5.26 Å². The van der Waals surface area contributed by atoms with E-state index in [1.807, 2.05) is 6.92 Å². The van der Waals surface area contributed by atoms with E-state index in [1.54, 1.807) is 62.9 Å². The molecule has 2 fully saturated rings. The Morgan fingerprint density at radius 1 is 1.24 bits per heavy atom. The highest BCUT2D eigenvalue weighted by molar-refractivity contribution is 5.98. The van der Waals surface area contributed by atoms with Gasteiger partial charge in [-0.15, -0.1) is 0 Å². The molecule has 3 amide bonds. The van der Waals surface area contributed by atoms with Gasteiger partial charge in [0.05, 0.1) is 23.6 Å². The van der Waals surface area contributed by atoms with E-state index >= 15 is 0 Å². The fraction of sp³-hybridized carbons (Fsp3) is 0.467. The number of halogens is 1. The van der Waals surface area contributed by atoms with Gasteiger partial charge in [0.2, 0.25) is 5.91 Å². The van der Waals surface area contributed by atoms with Crippen LogP contribution in [0.15, 0.2) is 42.5 Å². The van der Waals surface area contributed by atoms with Crippen molar-refractivity contribution in [3.63, 3.8) is 0 Å². The summed E-state index contributed by atoms with van der Waals surface area (Å²) in [4.78, 5) is 40.8. The first-order valence-electron chi connectivity index (χ1n) is 13.7. The van der Waals surface area contributed by atoms with Crippen LogP contribution in [-0.2, 0) is 9.59 Å². The van der Waals surface area contributed by atoms with Crippen molar-refractivity contribution < 1.29 is 23.5 Å². The predicted octanol–water partition coefficient (Wildman–Crippen LogP) is 2.63. The Balaban J connectivity index is 1.52. The number of nitriles is 1. The summed E-state index contributed by atoms with van der Waals surface area (Å²) in [5.41, 5.74) is 12.5. The molecule has 0 spiro atoms. The van der Waals surface area contributed by atoms with Crippen LogP contribution in [0.5, 0.6) is 5.75 Å². The quantitative estimate of drug-likeness (QED) is 0.404. The maximum Gasteiger partial charge on any atom is 0.275 e. The van der Waals surface area contributed by atoms with Gasteiger partial charge >= 0.3 is 0 Å². The highest BCUT2D eigenvalue weighted by Crippen LogP contribution is 2.43. The predicted molar refractivity (Wildman–Crippen MR) is 150 cm³/mol. The number of rotatable bonds is 7. The number of likely N-dealkylation sites (tertiary alicyclic amines) is 1. The molecule has 0 aliphatic carbocycles. The second-order valence-corrected chi connectivity index (χ2v) is 11.5. The minimum Gasteiger partial charge on any atom is -0.480 e. The summed E-state index contributed by atoms with van der Waals surface area (Å²) in [6, 6.07) is 10.4. The van der Waals surface area contributed by atoms with Gasteiger partial charge in [-0.3, -0.25) is 19.8 Å². The van der Waals surface area contributed by atoms with Crippen LogP contribution in [-0.4, -0.2) is 52.9 Å². The van der Waals surface area contributed by atoms with Crippen LogP contribution in [0.4, 0.5) is 4.39 Å². The molecule has 6 atom stereocenters. The molecule has 2 unspecified atom stereocenters. The van der Waals surface area contributed by atoms with Crippen molar-refractivity contribution >= 4 is 17.7 Å². The van der Waals surface area contributed by atoms with Crippen LogP contribution >= 0.6 is 0 Å². The molecule has 218 valence electrons. The Bertz CT molecular complexity index is 1370. The molecule has 41 heavy (non-hydrogen) atoms. The summed E-state index contributed by atoms with van der Waals surface area (Å²) in [6.07, 6.45) is 0.182. The lowest BCUT2D eigenvalue weighted by Crippen LogP contribution is -2.56. The molecule has 0 saturated carbocycles. The number of ether oxygens (including phenoxy) is 1. The first kappa shape index (κ1) is 30.0. The maximum atomic E-state index is 14.1. The second kappa shape index (κ2) is 11.8. The van der Waals surface area contributed by atoms with Crippen molar-refractivity contribution in [2.45, 2.75) is 83.8 Å². The molecule has 0 bridgehead atoms. The normalized spacial score (nSPS) is 25.2. The van der Waals surface area contributed by atoms with E-state index < -0.39 is 53.3 Å². The van der Waals surface area contributed by atoms with E-state index in [4.69, 9.17) is 10.5 Å². The lowest BCUT2D eigenvalue weighted by atomic mass is 9.84. The summed E-state index contributed by atoms with van der Waals surface area (Å²) < 4.78 is 20.0. The summed E-state index contributed by atoms with van der Waals surface area (Å²) in [5, 5.41) is 12.6. The van der Waals surface area contributed by atoms with E-state index in [9.17, 15) is 24.0 Å². The number of carbonyl (C=O) groups excluding carboxylic acids is 3. The molecule has 4 rings (SSSR count). The number of hydrogen-bond donors (Lipinski definition) is 4. The van der Waals surface area contributed by atoms with Gasteiger partial charge in [0.25, 0.3) is 11.8 Å². The minimum atomic E-state index is -0.961. The molecule has 2 aliphatic heterocycles. The molecule has 2 saturated heterocycles. The second-order valence-electron chi connectivity index (χ2n) is 11.5. The molecule has 0 aromatic heterocycles. The van der Waals surface area contributed by atoms with Crippen LogP contribution in [0.1, 0.15) is 68.1 Å². The molecule has 11 heteroatoms. The van der Waals surface area contributed by atoms with Crippen molar-refractivity contribution in [3.05, 3.63) is 65.0 Å². The molecule has 2 heterocycles. The fourth-order valence-electron chi connectivity index (χ4n) is 5.51. The molecular formula is C30H37FN6O4. The highest BCUT2D eigenvalue weighted by atomic mass is 19.1. The zero-order valence-electron chi connectivity index (χ0n) is 23.9. The lowest BCUT2D eigenvalue weighted by molar-refractivity contribution is -0.137. The SMILES string of the molecule is Cc1cc(C(=O)N[C@H](C)C(=O)N2[C@H](c3cccc(F)c3)[C@@H](N)C[C@@H]2C(C)(C)C#N)ccc1OC1CC(C)NNC1=O. The van der Waals surface area contributed by atoms with Gasteiger partial charge < -0.3 is 20.7 Å². The van der Waals surface area contributed by atoms with Crippen molar-refractivity contribution in [1.29, 1.82) is 5.26 Å². The summed E-state index contributed by atoms with van der Waals surface area (Å²) in [7, 11) is 0. The zero-order chi connectivity index (χ0) is 30.1. The highest BCUT2D eigenvalue weighted by Gasteiger charge is 2.50. The number of nitrogens with one attached hydrogen (secondary N) is 3. The van der Waals surface area contributed by atoms with Crippen LogP contribution in [0.3, 0.4) is 0 Å². The number of hydrazine groups is 1. The summed E-state index contributed by atoms with van der Waals surface area (Å²) in [6.45, 7) is 8.75. The van der Waals surface area contributed by atoms with Crippen molar-refractivity contribution in [2.75, 3.05) is 0 Å². The number of hydrogen-bond acceptors (Lipinski definition) is 7. The number of benzene rings is 2. The summed E-state index contributed by atoms with van der Waals surface area (Å²) >= 11 is 0. The number of carbonyl (C=O) groups is 3. The van der Waals surface area contributed by atoms with E-state index in [1.165, 1.54) is 12.1 Å². The number of nitrogens with two attached hydrogens (primary N) is 1. The number of amides is 3. The molecule has 2 aliphatic rings. The fourth-order valence-corrected chi connectivity index (χ4v) is 5.51. The Kier molecular flexibility index (Phi) is 8.66. The standard InChI is InChI=1S/C30H37FN6O4/c1-16-11-20(9-10-23(16)41-24-12-17(2)35-36-28(24)39)27(38)34-18(3)29(40)37-25(30(4,5)15-32)14-22(33)26(37)19-7-6-8-21(31)13-19/h6-11,13,17-18,22,24-26,35H,12,14,33H2,1-5H3,(H,34,38)(H,36,39)/t17?,18-,22+,24?,25-,26-/m1/s1. The molecule has 10 nitrogen and oxygen atoms in total. The first-order chi connectivity index (χ1) is 19.3. The van der Waals surface area contributed by atoms with Crippen molar-refractivity contribution in [2.24, 2.45) is 11.1 Å². The van der Waals surface area contributed by atoms with Gasteiger partial charge in [0, 0.05) is 24.1 Å². The van der Waals surface area contributed by atoms with Gasteiger partial charge in [0.15, 0.2) is 6.10 Å². The molecule has 0 radical (unpaired) electrons. The average Bonchev–Trinajstić information content (AvgIpc) is 3.29. The Labute approximate surface area is 239 Å². The van der Waals surface area contributed by atoms with Gasteiger partial charge in [-0.05, 0) is 82.5 Å². The minimum absolute atomic E-state index is 0.0473. The third-order valence-electron chi connectivity index (χ3n) is 7.83. The number of nitrogens with zero attached hydrogens (tertiary/aromatic N) is 2.